The van der Waals surface area contributed by atoms with E-state index in [1.54, 1.807) is 0 Å². The Hall–Kier alpha value is -1.40. The Kier molecular flexibility index (Phi) is 4.55. The van der Waals surface area contributed by atoms with Gasteiger partial charge in [-0.3, -0.25) is 4.79 Å². The van der Waals surface area contributed by atoms with Gasteiger partial charge in [-0.25, -0.2) is 0 Å². The molecule has 1 heterocycles. The highest BCUT2D eigenvalue weighted by Crippen LogP contribution is 2.24. The summed E-state index contributed by atoms with van der Waals surface area (Å²) in [5.74, 6) is -0.146. The Morgan fingerprint density at radius 1 is 1.53 bits per heavy atom. The molecule has 104 valence electrons. The molecule has 1 amide bonds. The zero-order chi connectivity index (χ0) is 13.8. The SMILES string of the molecule is O=C(NCc1cc(Cl)ccc1OC(F)F)C1CNC1. The van der Waals surface area contributed by atoms with E-state index < -0.39 is 6.61 Å². The maximum atomic E-state index is 12.2. The Labute approximate surface area is 114 Å². The van der Waals surface area contributed by atoms with E-state index in [1.165, 1.54) is 18.2 Å². The van der Waals surface area contributed by atoms with Crippen molar-refractivity contribution < 1.29 is 18.3 Å². The fourth-order valence-corrected chi connectivity index (χ4v) is 1.89. The second-order valence-corrected chi connectivity index (χ2v) is 4.64. The Bertz CT molecular complexity index is 467. The molecule has 1 fully saturated rings. The maximum Gasteiger partial charge on any atom is 0.387 e. The van der Waals surface area contributed by atoms with Gasteiger partial charge in [-0.15, -0.1) is 0 Å². The number of hydrogen-bond acceptors (Lipinski definition) is 3. The van der Waals surface area contributed by atoms with E-state index in [1.807, 2.05) is 0 Å². The summed E-state index contributed by atoms with van der Waals surface area (Å²) in [4.78, 5) is 11.6. The Morgan fingerprint density at radius 2 is 2.26 bits per heavy atom. The smallest absolute Gasteiger partial charge is 0.387 e. The molecule has 1 aliphatic heterocycles. The highest BCUT2D eigenvalue weighted by Gasteiger charge is 2.24. The molecule has 1 aliphatic rings. The molecule has 4 nitrogen and oxygen atoms in total. The molecule has 2 N–H and O–H groups in total. The van der Waals surface area contributed by atoms with Crippen LogP contribution in [0.1, 0.15) is 5.56 Å². The van der Waals surface area contributed by atoms with Gasteiger partial charge in [0.25, 0.3) is 0 Å². The number of ether oxygens (including phenoxy) is 1. The van der Waals surface area contributed by atoms with Gasteiger partial charge in [-0.2, -0.15) is 8.78 Å². The lowest BCUT2D eigenvalue weighted by molar-refractivity contribution is -0.126. The zero-order valence-electron chi connectivity index (χ0n) is 9.96. The van der Waals surface area contributed by atoms with Crippen molar-refractivity contribution in [2.24, 2.45) is 5.92 Å². The highest BCUT2D eigenvalue weighted by molar-refractivity contribution is 6.30. The summed E-state index contributed by atoms with van der Waals surface area (Å²) >= 11 is 5.80. The largest absolute Gasteiger partial charge is 0.434 e. The lowest BCUT2D eigenvalue weighted by Crippen LogP contribution is -2.50. The number of carbonyl (C=O) groups is 1. The van der Waals surface area contributed by atoms with E-state index in [-0.39, 0.29) is 24.1 Å². The van der Waals surface area contributed by atoms with Crippen LogP contribution in [0.5, 0.6) is 5.75 Å². The fraction of sp³-hybridized carbons (Fsp3) is 0.417. The molecule has 0 radical (unpaired) electrons. The summed E-state index contributed by atoms with van der Waals surface area (Å²) in [6, 6.07) is 4.32. The van der Waals surface area contributed by atoms with Crippen molar-refractivity contribution in [2.75, 3.05) is 13.1 Å². The molecule has 0 atom stereocenters. The van der Waals surface area contributed by atoms with Crippen molar-refractivity contribution in [3.8, 4) is 5.75 Å². The first-order chi connectivity index (χ1) is 9.06. The molecule has 2 rings (SSSR count). The molecular formula is C12H13ClF2N2O2. The summed E-state index contributed by atoms with van der Waals surface area (Å²) < 4.78 is 28.9. The second-order valence-electron chi connectivity index (χ2n) is 4.20. The molecule has 0 saturated carbocycles. The minimum absolute atomic E-state index is 0.0198. The first kappa shape index (κ1) is 14.0. The molecule has 1 aromatic rings. The predicted molar refractivity (Wildman–Crippen MR) is 66.3 cm³/mol. The molecular weight excluding hydrogens is 278 g/mol. The van der Waals surface area contributed by atoms with E-state index in [2.05, 4.69) is 15.4 Å². The lowest BCUT2D eigenvalue weighted by atomic mass is 10.0. The summed E-state index contributed by atoms with van der Waals surface area (Å²) in [7, 11) is 0. The number of benzene rings is 1. The molecule has 19 heavy (non-hydrogen) atoms. The van der Waals surface area contributed by atoms with Crippen LogP contribution in [0.25, 0.3) is 0 Å². The molecule has 7 heteroatoms. The van der Waals surface area contributed by atoms with E-state index in [9.17, 15) is 13.6 Å². The lowest BCUT2D eigenvalue weighted by Gasteiger charge is -2.26. The monoisotopic (exact) mass is 290 g/mol. The first-order valence-corrected chi connectivity index (χ1v) is 6.15. The van der Waals surface area contributed by atoms with Gasteiger partial charge in [-0.1, -0.05) is 11.6 Å². The van der Waals surface area contributed by atoms with E-state index in [0.29, 0.717) is 23.7 Å². The normalized spacial score (nSPS) is 15.2. The second kappa shape index (κ2) is 6.16. The van der Waals surface area contributed by atoms with Crippen LogP contribution in [-0.2, 0) is 11.3 Å². The van der Waals surface area contributed by atoms with Crippen LogP contribution < -0.4 is 15.4 Å². The highest BCUT2D eigenvalue weighted by atomic mass is 35.5. The van der Waals surface area contributed by atoms with E-state index in [4.69, 9.17) is 11.6 Å². The third kappa shape index (κ3) is 3.78. The molecule has 0 aromatic heterocycles. The van der Waals surface area contributed by atoms with Gasteiger partial charge in [0.2, 0.25) is 5.91 Å². The number of alkyl halides is 2. The van der Waals surface area contributed by atoms with Crippen LogP contribution in [0.2, 0.25) is 5.02 Å². The van der Waals surface area contributed by atoms with Crippen LogP contribution in [0, 0.1) is 5.92 Å². The summed E-state index contributed by atoms with van der Waals surface area (Å²) in [6.45, 7) is -1.52. The number of amides is 1. The fourth-order valence-electron chi connectivity index (χ4n) is 1.70. The van der Waals surface area contributed by atoms with E-state index >= 15 is 0 Å². The van der Waals surface area contributed by atoms with Gasteiger partial charge in [0.15, 0.2) is 0 Å². The molecule has 0 bridgehead atoms. The minimum Gasteiger partial charge on any atom is -0.434 e. The zero-order valence-corrected chi connectivity index (χ0v) is 10.7. The van der Waals surface area contributed by atoms with Crippen molar-refractivity contribution in [2.45, 2.75) is 13.2 Å². The van der Waals surface area contributed by atoms with Crippen LogP contribution in [0.15, 0.2) is 18.2 Å². The quantitative estimate of drug-likeness (QED) is 0.869. The molecule has 0 unspecified atom stereocenters. The Morgan fingerprint density at radius 3 is 2.84 bits per heavy atom. The van der Waals surface area contributed by atoms with Crippen LogP contribution >= 0.6 is 11.6 Å². The van der Waals surface area contributed by atoms with Crippen molar-refractivity contribution >= 4 is 17.5 Å². The summed E-state index contributed by atoms with van der Waals surface area (Å²) in [6.07, 6.45) is 0. The number of halogens is 3. The third-order valence-electron chi connectivity index (χ3n) is 2.84. The van der Waals surface area contributed by atoms with Crippen molar-refractivity contribution in [3.63, 3.8) is 0 Å². The van der Waals surface area contributed by atoms with Crippen LogP contribution in [0.3, 0.4) is 0 Å². The van der Waals surface area contributed by atoms with Gasteiger partial charge < -0.3 is 15.4 Å². The third-order valence-corrected chi connectivity index (χ3v) is 3.08. The molecule has 1 aromatic carbocycles. The standard InChI is InChI=1S/C12H13ClF2N2O2/c13-9-1-2-10(19-12(14)15)7(3-9)6-17-11(18)8-4-16-5-8/h1-3,8,12,16H,4-6H2,(H,17,18). The average Bonchev–Trinajstić information content (AvgIpc) is 2.26. The number of nitrogens with one attached hydrogen (secondary N) is 2. The van der Waals surface area contributed by atoms with Gasteiger partial charge in [-0.05, 0) is 18.2 Å². The summed E-state index contributed by atoms with van der Waals surface area (Å²) in [5.41, 5.74) is 0.424. The average molecular weight is 291 g/mol. The first-order valence-electron chi connectivity index (χ1n) is 5.78. The van der Waals surface area contributed by atoms with Crippen molar-refractivity contribution in [1.82, 2.24) is 10.6 Å². The Balaban J connectivity index is 2.00. The van der Waals surface area contributed by atoms with Crippen LogP contribution in [-0.4, -0.2) is 25.6 Å². The van der Waals surface area contributed by atoms with Crippen molar-refractivity contribution in [3.05, 3.63) is 28.8 Å². The van der Waals surface area contributed by atoms with E-state index in [0.717, 1.165) is 0 Å². The summed E-state index contributed by atoms with van der Waals surface area (Å²) in [5, 5.41) is 6.06. The predicted octanol–water partition coefficient (Wildman–Crippen LogP) is 1.78. The van der Waals surface area contributed by atoms with Gasteiger partial charge >= 0.3 is 6.61 Å². The number of rotatable bonds is 5. The topological polar surface area (TPSA) is 50.4 Å². The maximum absolute atomic E-state index is 12.2. The molecule has 1 saturated heterocycles. The van der Waals surface area contributed by atoms with Gasteiger partial charge in [0, 0.05) is 30.2 Å². The van der Waals surface area contributed by atoms with Crippen molar-refractivity contribution in [1.29, 1.82) is 0 Å². The molecule has 0 spiro atoms. The van der Waals surface area contributed by atoms with Gasteiger partial charge in [0.05, 0.1) is 5.92 Å². The van der Waals surface area contributed by atoms with Crippen LogP contribution in [0.4, 0.5) is 8.78 Å². The molecule has 0 aliphatic carbocycles. The van der Waals surface area contributed by atoms with Gasteiger partial charge in [0.1, 0.15) is 5.75 Å². The number of hydrogen-bond donors (Lipinski definition) is 2. The minimum atomic E-state index is -2.91. The number of carbonyl (C=O) groups excluding carboxylic acids is 1.